The van der Waals surface area contributed by atoms with Gasteiger partial charge in [-0.15, -0.1) is 0 Å². The van der Waals surface area contributed by atoms with Crippen molar-refractivity contribution in [3.05, 3.63) is 33.9 Å². The molecular formula is C11H12N2O4. The Hall–Kier alpha value is -2.11. The zero-order chi connectivity index (χ0) is 12.4. The van der Waals surface area contributed by atoms with Crippen molar-refractivity contribution in [1.82, 2.24) is 4.90 Å². The molecule has 17 heavy (non-hydrogen) atoms. The van der Waals surface area contributed by atoms with E-state index in [1.54, 1.807) is 4.90 Å². The summed E-state index contributed by atoms with van der Waals surface area (Å²) in [5, 5.41) is 20.2. The topological polar surface area (TPSA) is 83.7 Å². The Morgan fingerprint density at radius 1 is 1.47 bits per heavy atom. The molecule has 1 fully saturated rings. The first kappa shape index (κ1) is 11.4. The minimum absolute atomic E-state index is 0.0182. The summed E-state index contributed by atoms with van der Waals surface area (Å²) < 4.78 is 0. The van der Waals surface area contributed by atoms with Crippen molar-refractivity contribution in [1.29, 1.82) is 0 Å². The largest absolute Gasteiger partial charge is 0.508 e. The standard InChI is InChI=1S/C11H12N2O4/c14-10-4-3-9(13(16)17)6-8(10)7-12-5-1-2-11(12)15/h3-4,6,14H,1-2,5,7H2. The Bertz CT molecular complexity index is 473. The van der Waals surface area contributed by atoms with Crippen LogP contribution in [0.1, 0.15) is 18.4 Å². The number of non-ortho nitro benzene ring substituents is 1. The van der Waals surface area contributed by atoms with Crippen molar-refractivity contribution >= 4 is 11.6 Å². The molecule has 0 spiro atoms. The number of likely N-dealkylation sites (tertiary alicyclic amines) is 1. The van der Waals surface area contributed by atoms with Crippen molar-refractivity contribution in [2.45, 2.75) is 19.4 Å². The lowest BCUT2D eigenvalue weighted by Gasteiger charge is -2.15. The van der Waals surface area contributed by atoms with Crippen LogP contribution in [0.25, 0.3) is 0 Å². The maximum Gasteiger partial charge on any atom is 0.270 e. The third-order valence-corrected chi connectivity index (χ3v) is 2.81. The first-order valence-corrected chi connectivity index (χ1v) is 5.32. The van der Waals surface area contributed by atoms with E-state index in [1.165, 1.54) is 18.2 Å². The van der Waals surface area contributed by atoms with E-state index >= 15 is 0 Å². The Morgan fingerprint density at radius 2 is 2.24 bits per heavy atom. The molecule has 0 aromatic heterocycles. The summed E-state index contributed by atoms with van der Waals surface area (Å²) >= 11 is 0. The van der Waals surface area contributed by atoms with Crippen LogP contribution < -0.4 is 0 Å². The molecule has 0 unspecified atom stereocenters. The molecule has 0 bridgehead atoms. The number of benzene rings is 1. The van der Waals surface area contributed by atoms with E-state index in [-0.39, 0.29) is 23.9 Å². The average molecular weight is 236 g/mol. The van der Waals surface area contributed by atoms with Gasteiger partial charge in [-0.25, -0.2) is 0 Å². The Labute approximate surface area is 97.6 Å². The van der Waals surface area contributed by atoms with Gasteiger partial charge in [-0.2, -0.15) is 0 Å². The third-order valence-electron chi connectivity index (χ3n) is 2.81. The maximum atomic E-state index is 11.4. The molecule has 2 rings (SSSR count). The molecule has 1 N–H and O–H groups in total. The molecule has 1 aromatic carbocycles. The monoisotopic (exact) mass is 236 g/mol. The van der Waals surface area contributed by atoms with Crippen molar-refractivity contribution in [3.8, 4) is 5.75 Å². The molecular weight excluding hydrogens is 224 g/mol. The first-order chi connectivity index (χ1) is 8.08. The minimum atomic E-state index is -0.519. The van der Waals surface area contributed by atoms with Crippen LogP contribution >= 0.6 is 0 Å². The van der Waals surface area contributed by atoms with Crippen LogP contribution in [0.4, 0.5) is 5.69 Å². The average Bonchev–Trinajstić information content (AvgIpc) is 2.67. The van der Waals surface area contributed by atoms with Crippen LogP contribution in [0.15, 0.2) is 18.2 Å². The lowest BCUT2D eigenvalue weighted by Crippen LogP contribution is -2.23. The number of carbonyl (C=O) groups excluding carboxylic acids is 1. The van der Waals surface area contributed by atoms with Gasteiger partial charge in [0.2, 0.25) is 5.91 Å². The van der Waals surface area contributed by atoms with Crippen LogP contribution in [0.5, 0.6) is 5.75 Å². The number of phenolic OH excluding ortho intramolecular Hbond substituents is 1. The lowest BCUT2D eigenvalue weighted by molar-refractivity contribution is -0.385. The van der Waals surface area contributed by atoms with Gasteiger partial charge in [0.25, 0.3) is 5.69 Å². The van der Waals surface area contributed by atoms with E-state index < -0.39 is 4.92 Å². The molecule has 6 nitrogen and oxygen atoms in total. The summed E-state index contributed by atoms with van der Waals surface area (Å²) in [6, 6.07) is 3.83. The molecule has 0 radical (unpaired) electrons. The van der Waals surface area contributed by atoms with E-state index in [2.05, 4.69) is 0 Å². The van der Waals surface area contributed by atoms with Crippen LogP contribution in [0.3, 0.4) is 0 Å². The fraction of sp³-hybridized carbons (Fsp3) is 0.364. The zero-order valence-corrected chi connectivity index (χ0v) is 9.13. The highest BCUT2D eigenvalue weighted by molar-refractivity contribution is 5.78. The van der Waals surface area contributed by atoms with Crippen molar-refractivity contribution < 1.29 is 14.8 Å². The molecule has 1 aromatic rings. The second kappa shape index (κ2) is 4.40. The molecule has 1 aliphatic rings. The number of hydrogen-bond acceptors (Lipinski definition) is 4. The summed E-state index contributed by atoms with van der Waals surface area (Å²) in [6.45, 7) is 0.868. The minimum Gasteiger partial charge on any atom is -0.508 e. The van der Waals surface area contributed by atoms with Crippen LogP contribution in [-0.2, 0) is 11.3 Å². The summed E-state index contributed by atoms with van der Waals surface area (Å²) in [5.74, 6) is 0.00575. The Balaban J connectivity index is 2.22. The number of nitro groups is 1. The fourth-order valence-corrected chi connectivity index (χ4v) is 1.89. The number of aromatic hydroxyl groups is 1. The molecule has 1 saturated heterocycles. The second-order valence-corrected chi connectivity index (χ2v) is 3.99. The molecule has 1 aliphatic heterocycles. The van der Waals surface area contributed by atoms with Crippen LogP contribution in [-0.4, -0.2) is 27.4 Å². The van der Waals surface area contributed by atoms with Gasteiger partial charge in [0.05, 0.1) is 4.92 Å². The normalized spacial score (nSPS) is 15.3. The van der Waals surface area contributed by atoms with Gasteiger partial charge < -0.3 is 10.0 Å². The molecule has 1 amide bonds. The van der Waals surface area contributed by atoms with Crippen LogP contribution in [0, 0.1) is 10.1 Å². The van der Waals surface area contributed by atoms with Gasteiger partial charge in [-0.05, 0) is 12.5 Å². The summed E-state index contributed by atoms with van der Waals surface area (Å²) in [7, 11) is 0. The Kier molecular flexibility index (Phi) is 2.95. The Morgan fingerprint density at radius 3 is 2.82 bits per heavy atom. The number of nitrogens with zero attached hydrogens (tertiary/aromatic N) is 2. The number of hydrogen-bond donors (Lipinski definition) is 1. The number of rotatable bonds is 3. The van der Waals surface area contributed by atoms with E-state index in [0.29, 0.717) is 18.5 Å². The molecule has 90 valence electrons. The SMILES string of the molecule is O=C1CCCN1Cc1cc([N+](=O)[O-])ccc1O. The molecule has 0 atom stereocenters. The molecule has 0 saturated carbocycles. The van der Waals surface area contributed by atoms with Crippen molar-refractivity contribution in [2.24, 2.45) is 0 Å². The van der Waals surface area contributed by atoms with Gasteiger partial charge in [0, 0.05) is 37.2 Å². The summed E-state index contributed by atoms with van der Waals surface area (Å²) in [6.07, 6.45) is 1.31. The number of nitro benzene ring substituents is 1. The van der Waals surface area contributed by atoms with Gasteiger partial charge >= 0.3 is 0 Å². The van der Waals surface area contributed by atoms with E-state index in [9.17, 15) is 20.0 Å². The lowest BCUT2D eigenvalue weighted by atomic mass is 10.1. The fourth-order valence-electron chi connectivity index (χ4n) is 1.89. The number of amides is 1. The molecule has 1 heterocycles. The van der Waals surface area contributed by atoms with E-state index in [4.69, 9.17) is 0 Å². The predicted octanol–water partition coefficient (Wildman–Crippen LogP) is 1.42. The quantitative estimate of drug-likeness (QED) is 0.635. The highest BCUT2D eigenvalue weighted by atomic mass is 16.6. The van der Waals surface area contributed by atoms with Crippen molar-refractivity contribution in [2.75, 3.05) is 6.54 Å². The van der Waals surface area contributed by atoms with E-state index in [1.807, 2.05) is 0 Å². The van der Waals surface area contributed by atoms with E-state index in [0.717, 1.165) is 6.42 Å². The smallest absolute Gasteiger partial charge is 0.270 e. The molecule has 0 aliphatic carbocycles. The van der Waals surface area contributed by atoms with Crippen molar-refractivity contribution in [3.63, 3.8) is 0 Å². The van der Waals surface area contributed by atoms with Gasteiger partial charge in [0.15, 0.2) is 0 Å². The van der Waals surface area contributed by atoms with Crippen LogP contribution in [0.2, 0.25) is 0 Å². The molecule has 6 heteroatoms. The number of carbonyl (C=O) groups is 1. The summed E-state index contributed by atoms with van der Waals surface area (Å²) in [5.41, 5.74) is 0.332. The first-order valence-electron chi connectivity index (χ1n) is 5.32. The highest BCUT2D eigenvalue weighted by Gasteiger charge is 2.22. The van der Waals surface area contributed by atoms with Gasteiger partial charge in [-0.3, -0.25) is 14.9 Å². The second-order valence-electron chi connectivity index (χ2n) is 3.99. The predicted molar refractivity (Wildman–Crippen MR) is 59.4 cm³/mol. The maximum absolute atomic E-state index is 11.4. The summed E-state index contributed by atoms with van der Waals surface area (Å²) in [4.78, 5) is 23.1. The highest BCUT2D eigenvalue weighted by Crippen LogP contribution is 2.25. The van der Waals surface area contributed by atoms with Gasteiger partial charge in [-0.1, -0.05) is 0 Å². The number of phenols is 1. The zero-order valence-electron chi connectivity index (χ0n) is 9.13. The van der Waals surface area contributed by atoms with Gasteiger partial charge in [0.1, 0.15) is 5.75 Å². The third kappa shape index (κ3) is 2.35.